The lowest BCUT2D eigenvalue weighted by Gasteiger charge is -2.18. The van der Waals surface area contributed by atoms with E-state index in [1.165, 1.54) is 0 Å². The highest BCUT2D eigenvalue weighted by molar-refractivity contribution is 9.10. The zero-order chi connectivity index (χ0) is 11.9. The number of aliphatic carboxylic acids is 1. The number of fused-ring (bicyclic) bond motifs is 1. The molecule has 16 heavy (non-hydrogen) atoms. The summed E-state index contributed by atoms with van der Waals surface area (Å²) < 4.78 is 0.974. The number of H-pyrrole nitrogens is 1. The molecule has 0 bridgehead atoms. The molecule has 0 unspecified atom stereocenters. The Balaban J connectivity index is 2.67. The molecule has 3 nitrogen and oxygen atoms in total. The molecule has 0 fully saturated rings. The molecule has 2 aromatic rings. The molecule has 0 atom stereocenters. The Kier molecular flexibility index (Phi) is 2.54. The lowest BCUT2D eigenvalue weighted by molar-refractivity contribution is -0.142. The van der Waals surface area contributed by atoms with Crippen LogP contribution < -0.4 is 0 Å². The zero-order valence-electron chi connectivity index (χ0n) is 9.04. The summed E-state index contributed by atoms with van der Waals surface area (Å²) in [5.41, 5.74) is 0.868. The first-order valence-corrected chi connectivity index (χ1v) is 5.73. The van der Waals surface area contributed by atoms with Gasteiger partial charge in [0.1, 0.15) is 0 Å². The van der Waals surface area contributed by atoms with E-state index in [9.17, 15) is 9.90 Å². The van der Waals surface area contributed by atoms with Crippen molar-refractivity contribution in [1.29, 1.82) is 0 Å². The second kappa shape index (κ2) is 3.63. The molecular weight excluding hydrogens is 270 g/mol. The van der Waals surface area contributed by atoms with Crippen LogP contribution in [0.1, 0.15) is 19.4 Å². The highest BCUT2D eigenvalue weighted by Crippen LogP contribution is 2.31. The van der Waals surface area contributed by atoms with Gasteiger partial charge in [0.05, 0.1) is 5.41 Å². The number of aromatic amines is 1. The van der Waals surface area contributed by atoms with Crippen molar-refractivity contribution in [2.45, 2.75) is 19.3 Å². The fourth-order valence-corrected chi connectivity index (χ4v) is 2.09. The lowest BCUT2D eigenvalue weighted by Crippen LogP contribution is -2.28. The number of aromatic nitrogens is 1. The number of halogens is 1. The number of carbonyl (C=O) groups is 1. The first-order valence-electron chi connectivity index (χ1n) is 4.93. The van der Waals surface area contributed by atoms with Gasteiger partial charge < -0.3 is 10.1 Å². The smallest absolute Gasteiger partial charge is 0.313 e. The molecule has 4 heteroatoms. The van der Waals surface area contributed by atoms with Gasteiger partial charge in [-0.05, 0) is 31.5 Å². The van der Waals surface area contributed by atoms with Crippen molar-refractivity contribution >= 4 is 32.8 Å². The van der Waals surface area contributed by atoms with Gasteiger partial charge in [0.25, 0.3) is 0 Å². The van der Waals surface area contributed by atoms with E-state index in [-0.39, 0.29) is 0 Å². The summed E-state index contributed by atoms with van der Waals surface area (Å²) in [6, 6.07) is 5.78. The van der Waals surface area contributed by atoms with Crippen LogP contribution in [0.15, 0.2) is 28.9 Å². The normalized spacial score (nSPS) is 11.9. The van der Waals surface area contributed by atoms with Crippen molar-refractivity contribution in [1.82, 2.24) is 4.98 Å². The lowest BCUT2D eigenvalue weighted by atomic mass is 9.85. The summed E-state index contributed by atoms with van der Waals surface area (Å²) in [5.74, 6) is -0.823. The predicted molar refractivity (Wildman–Crippen MR) is 66.7 cm³/mol. The maximum atomic E-state index is 11.2. The third kappa shape index (κ3) is 1.63. The van der Waals surface area contributed by atoms with Gasteiger partial charge in [-0.1, -0.05) is 22.0 Å². The molecule has 1 aromatic carbocycles. The highest BCUT2D eigenvalue weighted by atomic mass is 79.9. The molecule has 0 saturated heterocycles. The van der Waals surface area contributed by atoms with Crippen LogP contribution in [-0.4, -0.2) is 16.1 Å². The van der Waals surface area contributed by atoms with Crippen LogP contribution in [0.2, 0.25) is 0 Å². The third-order valence-electron chi connectivity index (χ3n) is 2.85. The van der Waals surface area contributed by atoms with Gasteiger partial charge in [0.2, 0.25) is 0 Å². The Morgan fingerprint density at radius 1 is 1.44 bits per heavy atom. The predicted octanol–water partition coefficient (Wildman–Crippen LogP) is 3.29. The molecular formula is C12H12BrNO2. The molecule has 2 N–H and O–H groups in total. The van der Waals surface area contributed by atoms with Crippen LogP contribution >= 0.6 is 15.9 Å². The fourth-order valence-electron chi connectivity index (χ4n) is 1.73. The van der Waals surface area contributed by atoms with E-state index < -0.39 is 11.4 Å². The minimum atomic E-state index is -0.883. The minimum Gasteiger partial charge on any atom is -0.481 e. The molecule has 0 aliphatic heterocycles. The summed E-state index contributed by atoms with van der Waals surface area (Å²) >= 11 is 3.38. The van der Waals surface area contributed by atoms with Gasteiger partial charge in [0.15, 0.2) is 0 Å². The quantitative estimate of drug-likeness (QED) is 0.888. The molecule has 0 radical (unpaired) electrons. The molecule has 0 aliphatic rings. The van der Waals surface area contributed by atoms with Crippen LogP contribution in [0, 0.1) is 0 Å². The number of carboxylic acid groups (broad SMARTS) is 1. The second-order valence-electron chi connectivity index (χ2n) is 4.32. The molecule has 0 amide bonds. The van der Waals surface area contributed by atoms with Gasteiger partial charge in [-0.25, -0.2) is 0 Å². The number of nitrogens with one attached hydrogen (secondary N) is 1. The van der Waals surface area contributed by atoms with Gasteiger partial charge in [0, 0.05) is 21.6 Å². The number of carboxylic acids is 1. The third-order valence-corrected chi connectivity index (χ3v) is 3.35. The number of rotatable bonds is 2. The van der Waals surface area contributed by atoms with E-state index >= 15 is 0 Å². The number of hydrogen-bond donors (Lipinski definition) is 2. The van der Waals surface area contributed by atoms with E-state index in [1.807, 2.05) is 18.2 Å². The van der Waals surface area contributed by atoms with E-state index in [2.05, 4.69) is 20.9 Å². The van der Waals surface area contributed by atoms with Crippen molar-refractivity contribution in [2.75, 3.05) is 0 Å². The largest absolute Gasteiger partial charge is 0.481 e. The number of benzene rings is 1. The zero-order valence-corrected chi connectivity index (χ0v) is 10.6. The van der Waals surface area contributed by atoms with Crippen LogP contribution in [0.25, 0.3) is 10.9 Å². The molecule has 84 valence electrons. The first-order chi connectivity index (χ1) is 7.43. The monoisotopic (exact) mass is 281 g/mol. The SMILES string of the molecule is CC(C)(C(=O)O)c1c[nH]c2cc(Br)ccc12. The Morgan fingerprint density at radius 2 is 2.12 bits per heavy atom. The molecule has 0 spiro atoms. The fraction of sp³-hybridized carbons (Fsp3) is 0.250. The highest BCUT2D eigenvalue weighted by Gasteiger charge is 2.31. The molecule has 0 saturated carbocycles. The van der Waals surface area contributed by atoms with Gasteiger partial charge in [-0.15, -0.1) is 0 Å². The van der Waals surface area contributed by atoms with Crippen LogP contribution in [-0.2, 0) is 10.2 Å². The van der Waals surface area contributed by atoms with Crippen molar-refractivity contribution in [3.63, 3.8) is 0 Å². The summed E-state index contributed by atoms with van der Waals surface area (Å²) in [6.07, 6.45) is 1.77. The van der Waals surface area contributed by atoms with E-state index in [0.29, 0.717) is 0 Å². The Hall–Kier alpha value is -1.29. The Bertz CT molecular complexity index is 557. The van der Waals surface area contributed by atoms with Crippen LogP contribution in [0.4, 0.5) is 0 Å². The van der Waals surface area contributed by atoms with Gasteiger partial charge in [-0.3, -0.25) is 4.79 Å². The molecule has 1 aromatic heterocycles. The average molecular weight is 282 g/mol. The van der Waals surface area contributed by atoms with Crippen molar-refractivity contribution in [3.8, 4) is 0 Å². The van der Waals surface area contributed by atoms with Crippen LogP contribution in [0.5, 0.6) is 0 Å². The van der Waals surface area contributed by atoms with E-state index in [1.54, 1.807) is 20.0 Å². The van der Waals surface area contributed by atoms with Crippen LogP contribution in [0.3, 0.4) is 0 Å². The standard InChI is InChI=1S/C12H12BrNO2/c1-12(2,11(15)16)9-6-14-10-5-7(13)3-4-8(9)10/h3-6,14H,1-2H3,(H,15,16). The van der Waals surface area contributed by atoms with E-state index in [4.69, 9.17) is 0 Å². The molecule has 1 heterocycles. The van der Waals surface area contributed by atoms with Crippen molar-refractivity contribution in [3.05, 3.63) is 34.4 Å². The average Bonchev–Trinajstić information content (AvgIpc) is 2.60. The van der Waals surface area contributed by atoms with E-state index in [0.717, 1.165) is 20.9 Å². The molecule has 0 aliphatic carbocycles. The number of hydrogen-bond acceptors (Lipinski definition) is 1. The summed E-state index contributed by atoms with van der Waals surface area (Å²) in [7, 11) is 0. The second-order valence-corrected chi connectivity index (χ2v) is 5.24. The first kappa shape index (κ1) is 11.2. The summed E-state index contributed by atoms with van der Waals surface area (Å²) in [6.45, 7) is 3.42. The van der Waals surface area contributed by atoms with Crippen molar-refractivity contribution < 1.29 is 9.90 Å². The van der Waals surface area contributed by atoms with Crippen molar-refractivity contribution in [2.24, 2.45) is 0 Å². The minimum absolute atomic E-state index is 0.808. The Labute approximate surface area is 102 Å². The van der Waals surface area contributed by atoms with Gasteiger partial charge >= 0.3 is 5.97 Å². The molecule has 2 rings (SSSR count). The maximum absolute atomic E-state index is 11.2. The topological polar surface area (TPSA) is 53.1 Å². The maximum Gasteiger partial charge on any atom is 0.313 e. The Morgan fingerprint density at radius 3 is 2.75 bits per heavy atom. The summed E-state index contributed by atoms with van der Waals surface area (Å²) in [4.78, 5) is 14.3. The summed E-state index contributed by atoms with van der Waals surface area (Å²) in [5, 5.41) is 10.2. The van der Waals surface area contributed by atoms with Gasteiger partial charge in [-0.2, -0.15) is 0 Å².